The van der Waals surface area contributed by atoms with Crippen LogP contribution in [0.5, 0.6) is 11.5 Å². The number of amides is 2. The molecule has 2 aromatic rings. The Hall–Kier alpha value is -3.62. The minimum Gasteiger partial charge on any atom is -0.493 e. The average molecular weight is 373 g/mol. The number of non-ortho nitro benzene ring substituents is 1. The van der Waals surface area contributed by atoms with Gasteiger partial charge in [-0.25, -0.2) is 0 Å². The van der Waals surface area contributed by atoms with E-state index in [2.05, 4.69) is 10.6 Å². The highest BCUT2D eigenvalue weighted by Crippen LogP contribution is 2.27. The van der Waals surface area contributed by atoms with E-state index in [4.69, 9.17) is 9.47 Å². The Bertz CT molecular complexity index is 853. The van der Waals surface area contributed by atoms with Crippen LogP contribution in [0.4, 0.5) is 5.69 Å². The predicted molar refractivity (Wildman–Crippen MR) is 97.3 cm³/mol. The fourth-order valence-electron chi connectivity index (χ4n) is 2.29. The number of methoxy groups -OCH3 is 2. The molecule has 0 heterocycles. The first kappa shape index (κ1) is 19.7. The second-order valence-electron chi connectivity index (χ2n) is 5.39. The number of ether oxygens (including phenoxy) is 2. The van der Waals surface area contributed by atoms with Crippen molar-refractivity contribution >= 4 is 17.5 Å². The lowest BCUT2D eigenvalue weighted by molar-refractivity contribution is -0.384. The van der Waals surface area contributed by atoms with E-state index in [0.717, 1.165) is 0 Å². The van der Waals surface area contributed by atoms with E-state index in [-0.39, 0.29) is 30.2 Å². The fraction of sp³-hybridized carbons (Fsp3) is 0.222. The van der Waals surface area contributed by atoms with Crippen molar-refractivity contribution in [1.82, 2.24) is 10.6 Å². The van der Waals surface area contributed by atoms with E-state index >= 15 is 0 Å². The number of nitro groups is 1. The molecule has 2 aromatic carbocycles. The molecule has 9 heteroatoms. The Balaban J connectivity index is 1.86. The monoisotopic (exact) mass is 373 g/mol. The van der Waals surface area contributed by atoms with Gasteiger partial charge in [0, 0.05) is 36.3 Å². The summed E-state index contributed by atoms with van der Waals surface area (Å²) in [5, 5.41) is 16.0. The van der Waals surface area contributed by atoms with Gasteiger partial charge >= 0.3 is 0 Å². The third-order valence-electron chi connectivity index (χ3n) is 3.66. The number of hydrogen-bond donors (Lipinski definition) is 2. The van der Waals surface area contributed by atoms with Gasteiger partial charge in [0.05, 0.1) is 19.1 Å². The zero-order valence-corrected chi connectivity index (χ0v) is 14.9. The number of nitro benzene ring substituents is 1. The molecular weight excluding hydrogens is 354 g/mol. The number of hydrogen-bond acceptors (Lipinski definition) is 6. The van der Waals surface area contributed by atoms with Crippen molar-refractivity contribution in [3.05, 3.63) is 63.7 Å². The largest absolute Gasteiger partial charge is 0.493 e. The molecule has 0 aliphatic rings. The van der Waals surface area contributed by atoms with Crippen molar-refractivity contribution in [1.29, 1.82) is 0 Å². The number of nitrogens with zero attached hydrogens (tertiary/aromatic N) is 1. The third kappa shape index (κ3) is 5.18. The molecular formula is C18H19N3O6. The summed E-state index contributed by atoms with van der Waals surface area (Å²) in [6, 6.07) is 10.2. The molecule has 0 aliphatic carbocycles. The van der Waals surface area contributed by atoms with Gasteiger partial charge in [-0.1, -0.05) is 6.07 Å². The summed E-state index contributed by atoms with van der Waals surface area (Å²) in [7, 11) is 2.98. The van der Waals surface area contributed by atoms with E-state index in [0.29, 0.717) is 17.1 Å². The molecule has 0 saturated carbocycles. The van der Waals surface area contributed by atoms with E-state index in [1.165, 1.54) is 38.5 Å². The van der Waals surface area contributed by atoms with Crippen molar-refractivity contribution in [3.8, 4) is 11.5 Å². The lowest BCUT2D eigenvalue weighted by Gasteiger charge is -2.10. The Kier molecular flexibility index (Phi) is 6.70. The summed E-state index contributed by atoms with van der Waals surface area (Å²) in [5.41, 5.74) is 0.400. The van der Waals surface area contributed by atoms with Gasteiger partial charge < -0.3 is 20.1 Å². The maximum absolute atomic E-state index is 12.2. The minimum absolute atomic E-state index is 0.163. The first-order valence-electron chi connectivity index (χ1n) is 7.99. The molecule has 0 aromatic heterocycles. The van der Waals surface area contributed by atoms with Crippen LogP contribution in [0.3, 0.4) is 0 Å². The molecule has 27 heavy (non-hydrogen) atoms. The van der Waals surface area contributed by atoms with Gasteiger partial charge in [0.1, 0.15) is 0 Å². The second kappa shape index (κ2) is 9.18. The van der Waals surface area contributed by atoms with E-state index < -0.39 is 10.8 Å². The van der Waals surface area contributed by atoms with Gasteiger partial charge in [-0.3, -0.25) is 19.7 Å². The first-order chi connectivity index (χ1) is 13.0. The highest BCUT2D eigenvalue weighted by molar-refractivity contribution is 5.95. The van der Waals surface area contributed by atoms with Crippen LogP contribution in [0.1, 0.15) is 20.7 Å². The summed E-state index contributed by atoms with van der Waals surface area (Å²) in [6.07, 6.45) is 0. The first-order valence-corrected chi connectivity index (χ1v) is 7.99. The van der Waals surface area contributed by atoms with Crippen LogP contribution in [0, 0.1) is 10.1 Å². The molecule has 0 bridgehead atoms. The quantitative estimate of drug-likeness (QED) is 0.413. The van der Waals surface area contributed by atoms with Gasteiger partial charge in [-0.15, -0.1) is 0 Å². The predicted octanol–water partition coefficient (Wildman–Crippen LogP) is 1.77. The SMILES string of the molecule is COc1ccc(C(=O)NCCNC(=O)c2cccc([N+](=O)[O-])c2)cc1OC. The van der Waals surface area contributed by atoms with Crippen molar-refractivity contribution in [2.45, 2.75) is 0 Å². The molecule has 0 fully saturated rings. The Morgan fingerprint density at radius 1 is 0.926 bits per heavy atom. The summed E-state index contributed by atoms with van der Waals surface area (Å²) in [5.74, 6) is 0.155. The van der Waals surface area contributed by atoms with Crippen molar-refractivity contribution in [2.24, 2.45) is 0 Å². The number of nitrogens with one attached hydrogen (secondary N) is 2. The number of rotatable bonds is 8. The smallest absolute Gasteiger partial charge is 0.270 e. The van der Waals surface area contributed by atoms with Crippen LogP contribution in [0.25, 0.3) is 0 Å². The fourth-order valence-corrected chi connectivity index (χ4v) is 2.29. The van der Waals surface area contributed by atoms with Gasteiger partial charge in [0.25, 0.3) is 17.5 Å². The highest BCUT2D eigenvalue weighted by Gasteiger charge is 2.12. The van der Waals surface area contributed by atoms with Gasteiger partial charge in [0.2, 0.25) is 0 Å². The Morgan fingerprint density at radius 2 is 1.52 bits per heavy atom. The lowest BCUT2D eigenvalue weighted by Crippen LogP contribution is -2.34. The molecule has 9 nitrogen and oxygen atoms in total. The maximum atomic E-state index is 12.2. The molecule has 2 N–H and O–H groups in total. The second-order valence-corrected chi connectivity index (χ2v) is 5.39. The molecule has 0 spiro atoms. The van der Waals surface area contributed by atoms with Crippen molar-refractivity contribution in [2.75, 3.05) is 27.3 Å². The standard InChI is InChI=1S/C18H19N3O6/c1-26-15-7-6-13(11-16(15)27-2)18(23)20-9-8-19-17(22)12-4-3-5-14(10-12)21(24)25/h3-7,10-11H,8-9H2,1-2H3,(H,19,22)(H,20,23). The normalized spacial score (nSPS) is 10.0. The molecule has 0 unspecified atom stereocenters. The molecule has 142 valence electrons. The molecule has 0 atom stereocenters. The van der Waals surface area contributed by atoms with Crippen LogP contribution in [-0.2, 0) is 0 Å². The van der Waals surface area contributed by atoms with Crippen LogP contribution in [0.2, 0.25) is 0 Å². The lowest BCUT2D eigenvalue weighted by atomic mass is 10.2. The average Bonchev–Trinajstić information content (AvgIpc) is 2.70. The summed E-state index contributed by atoms with van der Waals surface area (Å²) < 4.78 is 10.3. The van der Waals surface area contributed by atoms with Gasteiger partial charge in [-0.05, 0) is 24.3 Å². The van der Waals surface area contributed by atoms with Crippen LogP contribution in [0.15, 0.2) is 42.5 Å². The van der Waals surface area contributed by atoms with Crippen LogP contribution < -0.4 is 20.1 Å². The topological polar surface area (TPSA) is 120 Å². The maximum Gasteiger partial charge on any atom is 0.270 e. The van der Waals surface area contributed by atoms with E-state index in [1.807, 2.05) is 0 Å². The summed E-state index contributed by atoms with van der Waals surface area (Å²) in [4.78, 5) is 34.3. The van der Waals surface area contributed by atoms with Gasteiger partial charge in [0.15, 0.2) is 11.5 Å². The van der Waals surface area contributed by atoms with E-state index in [9.17, 15) is 19.7 Å². The number of carbonyl (C=O) groups is 2. The van der Waals surface area contributed by atoms with Crippen molar-refractivity contribution in [3.63, 3.8) is 0 Å². The number of carbonyl (C=O) groups excluding carboxylic acids is 2. The Labute approximate surface area is 155 Å². The zero-order chi connectivity index (χ0) is 19.8. The molecule has 2 amide bonds. The highest BCUT2D eigenvalue weighted by atomic mass is 16.6. The molecule has 0 aliphatic heterocycles. The van der Waals surface area contributed by atoms with Crippen LogP contribution >= 0.6 is 0 Å². The summed E-state index contributed by atoms with van der Waals surface area (Å²) in [6.45, 7) is 0.356. The minimum atomic E-state index is -0.569. The van der Waals surface area contributed by atoms with Gasteiger partial charge in [-0.2, -0.15) is 0 Å². The molecule has 0 radical (unpaired) electrons. The van der Waals surface area contributed by atoms with Crippen LogP contribution in [-0.4, -0.2) is 44.0 Å². The van der Waals surface area contributed by atoms with Crippen molar-refractivity contribution < 1.29 is 24.0 Å². The van der Waals surface area contributed by atoms with E-state index in [1.54, 1.807) is 18.2 Å². The zero-order valence-electron chi connectivity index (χ0n) is 14.9. The summed E-state index contributed by atoms with van der Waals surface area (Å²) >= 11 is 0. The Morgan fingerprint density at radius 3 is 2.07 bits per heavy atom. The molecule has 2 rings (SSSR count). The number of benzene rings is 2. The molecule has 0 saturated heterocycles. The third-order valence-corrected chi connectivity index (χ3v) is 3.66.